The van der Waals surface area contributed by atoms with Gasteiger partial charge in [-0.3, -0.25) is 0 Å². The lowest BCUT2D eigenvalue weighted by Gasteiger charge is -2.22. The molecule has 5 heteroatoms. The van der Waals surface area contributed by atoms with Crippen LogP contribution in [0.15, 0.2) is 22.7 Å². The van der Waals surface area contributed by atoms with Crippen molar-refractivity contribution in [3.8, 4) is 0 Å². The monoisotopic (exact) mass is 323 g/mol. The molecule has 0 amide bonds. The maximum atomic E-state index is 12.7. The molecule has 1 aromatic carbocycles. The largest absolute Gasteiger partial charge is 0.417 e. The number of hydrogen-bond acceptors (Lipinski definition) is 1. The molecule has 0 aliphatic carbocycles. The second kappa shape index (κ2) is 5.95. The molecule has 0 bridgehead atoms. The van der Waals surface area contributed by atoms with Gasteiger partial charge in [0, 0.05) is 16.2 Å². The van der Waals surface area contributed by atoms with Crippen molar-refractivity contribution in [2.75, 3.05) is 5.32 Å². The first kappa shape index (κ1) is 15.3. The van der Waals surface area contributed by atoms with Crippen LogP contribution in [0.5, 0.6) is 0 Å². The topological polar surface area (TPSA) is 12.0 Å². The van der Waals surface area contributed by atoms with Crippen molar-refractivity contribution in [3.05, 3.63) is 28.2 Å². The standard InChI is InChI=1S/C13H17BrF3N/c1-4-12(8(2)3)18-9-5-6-11(14)10(7-9)13(15,16)17/h5-8,12,18H,4H2,1-3H3. The summed E-state index contributed by atoms with van der Waals surface area (Å²) in [6, 6.07) is 4.41. The molecule has 0 aromatic heterocycles. The lowest BCUT2D eigenvalue weighted by molar-refractivity contribution is -0.138. The van der Waals surface area contributed by atoms with E-state index in [9.17, 15) is 13.2 Å². The van der Waals surface area contributed by atoms with Gasteiger partial charge >= 0.3 is 6.18 Å². The van der Waals surface area contributed by atoms with Crippen molar-refractivity contribution in [2.24, 2.45) is 5.92 Å². The minimum atomic E-state index is -4.34. The fraction of sp³-hybridized carbons (Fsp3) is 0.538. The third kappa shape index (κ3) is 3.90. The molecule has 1 unspecified atom stereocenters. The Morgan fingerprint density at radius 1 is 1.28 bits per heavy atom. The van der Waals surface area contributed by atoms with Crippen molar-refractivity contribution in [1.82, 2.24) is 0 Å². The van der Waals surface area contributed by atoms with Gasteiger partial charge in [-0.15, -0.1) is 0 Å². The van der Waals surface area contributed by atoms with Gasteiger partial charge in [-0.2, -0.15) is 13.2 Å². The minimum Gasteiger partial charge on any atom is -0.382 e. The Hall–Kier alpha value is -0.710. The molecule has 0 saturated heterocycles. The van der Waals surface area contributed by atoms with E-state index >= 15 is 0 Å². The van der Waals surface area contributed by atoms with Crippen LogP contribution in [0, 0.1) is 5.92 Å². The van der Waals surface area contributed by atoms with Crippen LogP contribution in [0.1, 0.15) is 32.8 Å². The second-order valence-electron chi connectivity index (χ2n) is 4.60. The molecule has 0 spiro atoms. The SMILES string of the molecule is CCC(Nc1ccc(Br)c(C(F)(F)F)c1)C(C)C. The average molecular weight is 324 g/mol. The summed E-state index contributed by atoms with van der Waals surface area (Å²) in [6.07, 6.45) is -3.47. The zero-order valence-corrected chi connectivity index (χ0v) is 12.2. The summed E-state index contributed by atoms with van der Waals surface area (Å²) in [7, 11) is 0. The molecule has 1 nitrogen and oxygen atoms in total. The number of rotatable bonds is 4. The van der Waals surface area contributed by atoms with Gasteiger partial charge in [0.15, 0.2) is 0 Å². The first-order chi connectivity index (χ1) is 8.25. The highest BCUT2D eigenvalue weighted by atomic mass is 79.9. The third-order valence-electron chi connectivity index (χ3n) is 2.87. The van der Waals surface area contributed by atoms with Gasteiger partial charge in [0.25, 0.3) is 0 Å². The van der Waals surface area contributed by atoms with Crippen LogP contribution in [0.2, 0.25) is 0 Å². The third-order valence-corrected chi connectivity index (χ3v) is 3.56. The zero-order valence-electron chi connectivity index (χ0n) is 10.6. The average Bonchev–Trinajstić information content (AvgIpc) is 2.25. The lowest BCUT2D eigenvalue weighted by Crippen LogP contribution is -2.24. The second-order valence-corrected chi connectivity index (χ2v) is 5.45. The van der Waals surface area contributed by atoms with Crippen LogP contribution in [0.3, 0.4) is 0 Å². The molecule has 1 N–H and O–H groups in total. The molecular formula is C13H17BrF3N. The van der Waals surface area contributed by atoms with E-state index in [1.807, 2.05) is 20.8 Å². The normalized spacial score (nSPS) is 13.8. The zero-order chi connectivity index (χ0) is 13.9. The van der Waals surface area contributed by atoms with Crippen molar-refractivity contribution < 1.29 is 13.2 Å². The molecule has 0 aliphatic rings. The number of halogens is 4. The molecule has 1 atom stereocenters. The van der Waals surface area contributed by atoms with Gasteiger partial charge in [0.05, 0.1) is 5.56 Å². The predicted octanol–water partition coefficient (Wildman–Crippen LogP) is 5.31. The first-order valence-electron chi connectivity index (χ1n) is 5.89. The smallest absolute Gasteiger partial charge is 0.382 e. The molecule has 0 heterocycles. The Kier molecular flexibility index (Phi) is 5.08. The van der Waals surface area contributed by atoms with Gasteiger partial charge in [-0.25, -0.2) is 0 Å². The Morgan fingerprint density at radius 3 is 2.33 bits per heavy atom. The van der Waals surface area contributed by atoms with Crippen LogP contribution >= 0.6 is 15.9 Å². The van der Waals surface area contributed by atoms with Crippen molar-refractivity contribution in [3.63, 3.8) is 0 Å². The quantitative estimate of drug-likeness (QED) is 0.791. The van der Waals surface area contributed by atoms with E-state index in [4.69, 9.17) is 0 Å². The highest BCUT2D eigenvalue weighted by molar-refractivity contribution is 9.10. The molecule has 0 fully saturated rings. The summed E-state index contributed by atoms with van der Waals surface area (Å²) in [5, 5.41) is 3.15. The summed E-state index contributed by atoms with van der Waals surface area (Å²) < 4.78 is 38.3. The Labute approximate surface area is 114 Å². The first-order valence-corrected chi connectivity index (χ1v) is 6.68. The van der Waals surface area contributed by atoms with E-state index in [0.717, 1.165) is 12.5 Å². The van der Waals surface area contributed by atoms with Crippen LogP contribution in [-0.2, 0) is 6.18 Å². The van der Waals surface area contributed by atoms with Gasteiger partial charge in [-0.1, -0.05) is 36.7 Å². The summed E-state index contributed by atoms with van der Waals surface area (Å²) in [6.45, 7) is 6.11. The number of alkyl halides is 3. The Balaban J connectivity index is 2.99. The maximum Gasteiger partial charge on any atom is 0.417 e. The Bertz CT molecular complexity index is 402. The van der Waals surface area contributed by atoms with E-state index in [2.05, 4.69) is 21.2 Å². The lowest BCUT2D eigenvalue weighted by atomic mass is 10.0. The minimum absolute atomic E-state index is 0.0677. The van der Waals surface area contributed by atoms with Crippen LogP contribution < -0.4 is 5.32 Å². The van der Waals surface area contributed by atoms with E-state index in [1.54, 1.807) is 6.07 Å². The van der Waals surface area contributed by atoms with E-state index in [0.29, 0.717) is 11.6 Å². The van der Waals surface area contributed by atoms with Gasteiger partial charge in [-0.05, 0) is 30.5 Å². The van der Waals surface area contributed by atoms with E-state index in [-0.39, 0.29) is 10.5 Å². The number of nitrogens with one attached hydrogen (secondary N) is 1. The van der Waals surface area contributed by atoms with Crippen LogP contribution in [-0.4, -0.2) is 6.04 Å². The highest BCUT2D eigenvalue weighted by Gasteiger charge is 2.33. The number of benzene rings is 1. The highest BCUT2D eigenvalue weighted by Crippen LogP contribution is 2.36. The molecule has 0 saturated carbocycles. The fourth-order valence-corrected chi connectivity index (χ4v) is 2.26. The molecular weight excluding hydrogens is 307 g/mol. The number of anilines is 1. The summed E-state index contributed by atoms with van der Waals surface area (Å²) >= 11 is 2.93. The summed E-state index contributed by atoms with van der Waals surface area (Å²) in [5.74, 6) is 0.369. The maximum absolute atomic E-state index is 12.7. The number of hydrogen-bond donors (Lipinski definition) is 1. The van der Waals surface area contributed by atoms with Crippen molar-refractivity contribution in [2.45, 2.75) is 39.4 Å². The predicted molar refractivity (Wildman–Crippen MR) is 71.7 cm³/mol. The van der Waals surface area contributed by atoms with Gasteiger partial charge < -0.3 is 5.32 Å². The van der Waals surface area contributed by atoms with Crippen LogP contribution in [0.4, 0.5) is 18.9 Å². The van der Waals surface area contributed by atoms with E-state index < -0.39 is 11.7 Å². The van der Waals surface area contributed by atoms with Crippen molar-refractivity contribution in [1.29, 1.82) is 0 Å². The van der Waals surface area contributed by atoms with Crippen molar-refractivity contribution >= 4 is 21.6 Å². The Morgan fingerprint density at radius 2 is 1.89 bits per heavy atom. The molecule has 0 aliphatic heterocycles. The molecule has 1 aromatic rings. The molecule has 0 radical (unpaired) electrons. The summed E-state index contributed by atoms with van der Waals surface area (Å²) in [5.41, 5.74) is -0.141. The van der Waals surface area contributed by atoms with Gasteiger partial charge in [0.2, 0.25) is 0 Å². The van der Waals surface area contributed by atoms with E-state index in [1.165, 1.54) is 6.07 Å². The molecule has 1 rings (SSSR count). The molecule has 102 valence electrons. The fourth-order valence-electron chi connectivity index (χ4n) is 1.79. The molecule has 18 heavy (non-hydrogen) atoms. The van der Waals surface area contributed by atoms with Gasteiger partial charge in [0.1, 0.15) is 0 Å². The summed E-state index contributed by atoms with van der Waals surface area (Å²) in [4.78, 5) is 0. The van der Waals surface area contributed by atoms with Crippen LogP contribution in [0.25, 0.3) is 0 Å².